The third-order valence-corrected chi connectivity index (χ3v) is 4.17. The zero-order chi connectivity index (χ0) is 13.0. The van der Waals surface area contributed by atoms with Crippen LogP contribution in [0.2, 0.25) is 0 Å². The predicted molar refractivity (Wildman–Crippen MR) is 71.4 cm³/mol. The highest BCUT2D eigenvalue weighted by Crippen LogP contribution is 2.36. The first-order valence-corrected chi connectivity index (χ1v) is 6.51. The van der Waals surface area contributed by atoms with Crippen molar-refractivity contribution < 1.29 is 9.53 Å². The number of nitrogens with one attached hydrogen (secondary N) is 2. The van der Waals surface area contributed by atoms with E-state index in [0.717, 1.165) is 24.2 Å². The quantitative estimate of drug-likeness (QED) is 0.818. The minimum atomic E-state index is 0.0480. The average molecular weight is 257 g/mol. The number of aromatic amines is 1. The lowest BCUT2D eigenvalue weighted by atomic mass is 9.98. The summed E-state index contributed by atoms with van der Waals surface area (Å²) < 4.78 is 5.26. The number of carbonyl (C=O) groups is 1. The molecule has 98 valence electrons. The van der Waals surface area contributed by atoms with Crippen molar-refractivity contribution in [2.45, 2.75) is 12.5 Å². The number of fused-ring (bicyclic) bond motifs is 5. The number of H-pyrrole nitrogens is 1. The van der Waals surface area contributed by atoms with E-state index in [1.807, 2.05) is 17.0 Å². The molecule has 2 amide bonds. The van der Waals surface area contributed by atoms with Gasteiger partial charge in [-0.05, 0) is 24.1 Å². The number of benzene rings is 1. The van der Waals surface area contributed by atoms with Crippen LogP contribution in [-0.4, -0.2) is 36.1 Å². The van der Waals surface area contributed by atoms with Crippen LogP contribution < -0.4 is 10.1 Å². The van der Waals surface area contributed by atoms with E-state index in [1.165, 1.54) is 16.6 Å². The minimum absolute atomic E-state index is 0.0480. The second-order valence-electron chi connectivity index (χ2n) is 5.07. The highest BCUT2D eigenvalue weighted by atomic mass is 16.5. The first-order chi connectivity index (χ1) is 9.28. The maximum atomic E-state index is 11.7. The molecule has 1 saturated heterocycles. The molecular weight excluding hydrogens is 242 g/mol. The molecule has 5 nitrogen and oxygen atoms in total. The largest absolute Gasteiger partial charge is 0.497 e. The van der Waals surface area contributed by atoms with E-state index in [-0.39, 0.29) is 12.1 Å². The van der Waals surface area contributed by atoms with E-state index in [2.05, 4.69) is 16.4 Å². The topological polar surface area (TPSA) is 57.4 Å². The smallest absolute Gasteiger partial charge is 0.318 e. The molecule has 2 N–H and O–H groups in total. The third-order valence-electron chi connectivity index (χ3n) is 4.17. The van der Waals surface area contributed by atoms with E-state index in [0.29, 0.717) is 6.54 Å². The Balaban J connectivity index is 1.89. The van der Waals surface area contributed by atoms with E-state index < -0.39 is 0 Å². The van der Waals surface area contributed by atoms with Gasteiger partial charge in [-0.3, -0.25) is 0 Å². The van der Waals surface area contributed by atoms with E-state index in [4.69, 9.17) is 4.74 Å². The lowest BCUT2D eigenvalue weighted by Crippen LogP contribution is -2.35. The fourth-order valence-electron chi connectivity index (χ4n) is 3.22. The monoisotopic (exact) mass is 257 g/mol. The van der Waals surface area contributed by atoms with Crippen molar-refractivity contribution in [1.29, 1.82) is 0 Å². The van der Waals surface area contributed by atoms with Crippen molar-refractivity contribution >= 4 is 16.9 Å². The highest BCUT2D eigenvalue weighted by molar-refractivity contribution is 5.87. The Bertz CT molecular complexity index is 677. The predicted octanol–water partition coefficient (Wildman–Crippen LogP) is 1.80. The van der Waals surface area contributed by atoms with Crippen molar-refractivity contribution in [2.24, 2.45) is 0 Å². The summed E-state index contributed by atoms with van der Waals surface area (Å²) in [7, 11) is 1.67. The highest BCUT2D eigenvalue weighted by Gasteiger charge is 2.37. The van der Waals surface area contributed by atoms with Crippen LogP contribution in [0.3, 0.4) is 0 Å². The SMILES string of the molecule is COc1ccc2c3c([nH]c2c1)C1CNC(=O)N1CC3. The molecule has 2 aromatic rings. The van der Waals surface area contributed by atoms with E-state index >= 15 is 0 Å². The summed E-state index contributed by atoms with van der Waals surface area (Å²) in [6.07, 6.45) is 0.908. The molecule has 4 rings (SSSR count). The van der Waals surface area contributed by atoms with Crippen LogP contribution in [0.4, 0.5) is 4.79 Å². The van der Waals surface area contributed by atoms with E-state index in [1.54, 1.807) is 7.11 Å². The summed E-state index contributed by atoms with van der Waals surface area (Å²) in [4.78, 5) is 17.1. The van der Waals surface area contributed by atoms with Crippen molar-refractivity contribution in [3.8, 4) is 5.75 Å². The normalized spacial score (nSPS) is 21.2. The number of nitrogens with zero attached hydrogens (tertiary/aromatic N) is 1. The maximum absolute atomic E-state index is 11.7. The van der Waals surface area contributed by atoms with Gasteiger partial charge in [-0.1, -0.05) is 0 Å². The van der Waals surface area contributed by atoms with Crippen LogP contribution in [0.1, 0.15) is 17.3 Å². The molecule has 0 radical (unpaired) electrons. The fraction of sp³-hybridized carbons (Fsp3) is 0.357. The van der Waals surface area contributed by atoms with Crippen molar-refractivity contribution in [3.63, 3.8) is 0 Å². The molecule has 1 aromatic carbocycles. The molecule has 0 aliphatic carbocycles. The standard InChI is InChI=1S/C14H15N3O2/c1-19-8-2-3-9-10-4-5-17-12(7-15-14(17)18)13(10)16-11(9)6-8/h2-3,6,12,16H,4-5,7H2,1H3,(H,15,18). The summed E-state index contributed by atoms with van der Waals surface area (Å²) in [5, 5.41) is 4.16. The Morgan fingerprint density at radius 1 is 1.42 bits per heavy atom. The molecule has 1 fully saturated rings. The molecule has 19 heavy (non-hydrogen) atoms. The van der Waals surface area contributed by atoms with Gasteiger partial charge in [0.1, 0.15) is 5.75 Å². The molecule has 5 heteroatoms. The van der Waals surface area contributed by atoms with E-state index in [9.17, 15) is 4.79 Å². The first-order valence-electron chi connectivity index (χ1n) is 6.51. The molecule has 1 atom stereocenters. The average Bonchev–Trinajstić information content (AvgIpc) is 2.98. The van der Waals surface area contributed by atoms with Gasteiger partial charge in [0.25, 0.3) is 0 Å². The second-order valence-corrected chi connectivity index (χ2v) is 5.07. The van der Waals surface area contributed by atoms with Crippen molar-refractivity contribution in [2.75, 3.05) is 20.2 Å². The molecule has 2 aliphatic heterocycles. The van der Waals surface area contributed by atoms with Crippen LogP contribution in [0.15, 0.2) is 18.2 Å². The summed E-state index contributed by atoms with van der Waals surface area (Å²) in [5.41, 5.74) is 3.61. The number of hydrogen-bond donors (Lipinski definition) is 2. The lowest BCUT2D eigenvalue weighted by Gasteiger charge is -2.28. The maximum Gasteiger partial charge on any atom is 0.318 e. The van der Waals surface area contributed by atoms with Gasteiger partial charge in [-0.2, -0.15) is 0 Å². The number of rotatable bonds is 1. The van der Waals surface area contributed by atoms with Crippen LogP contribution in [-0.2, 0) is 6.42 Å². The van der Waals surface area contributed by atoms with Crippen LogP contribution in [0, 0.1) is 0 Å². The Kier molecular flexibility index (Phi) is 2.07. The number of hydrogen-bond acceptors (Lipinski definition) is 2. The van der Waals surface area contributed by atoms with Crippen molar-refractivity contribution in [3.05, 3.63) is 29.5 Å². The van der Waals surface area contributed by atoms with Gasteiger partial charge in [0.05, 0.1) is 13.2 Å². The Morgan fingerprint density at radius 2 is 2.32 bits per heavy atom. The molecule has 1 unspecified atom stereocenters. The molecule has 0 spiro atoms. The summed E-state index contributed by atoms with van der Waals surface area (Å²) in [6, 6.07) is 6.30. The first kappa shape index (κ1) is 10.7. The second kappa shape index (κ2) is 3.66. The van der Waals surface area contributed by atoms with Gasteiger partial charge in [0, 0.05) is 35.8 Å². The van der Waals surface area contributed by atoms with Gasteiger partial charge >= 0.3 is 6.03 Å². The third kappa shape index (κ3) is 1.38. The molecule has 1 aromatic heterocycles. The number of amides is 2. The minimum Gasteiger partial charge on any atom is -0.497 e. The Labute approximate surface area is 110 Å². The van der Waals surface area contributed by atoms with Crippen LogP contribution >= 0.6 is 0 Å². The van der Waals surface area contributed by atoms with Gasteiger partial charge in [-0.25, -0.2) is 4.79 Å². The Morgan fingerprint density at radius 3 is 3.16 bits per heavy atom. The number of ether oxygens (including phenoxy) is 1. The zero-order valence-corrected chi connectivity index (χ0v) is 10.7. The van der Waals surface area contributed by atoms with Crippen LogP contribution in [0.5, 0.6) is 5.75 Å². The van der Waals surface area contributed by atoms with Gasteiger partial charge in [0.2, 0.25) is 0 Å². The molecular formula is C14H15N3O2. The molecule has 3 heterocycles. The van der Waals surface area contributed by atoms with Gasteiger partial charge in [-0.15, -0.1) is 0 Å². The molecule has 0 bridgehead atoms. The zero-order valence-electron chi connectivity index (χ0n) is 10.7. The fourth-order valence-corrected chi connectivity index (χ4v) is 3.22. The Hall–Kier alpha value is -2.17. The lowest BCUT2D eigenvalue weighted by molar-refractivity contribution is 0.200. The summed E-state index contributed by atoms with van der Waals surface area (Å²) >= 11 is 0. The number of methoxy groups -OCH3 is 1. The molecule has 0 saturated carbocycles. The van der Waals surface area contributed by atoms with Crippen LogP contribution in [0.25, 0.3) is 10.9 Å². The summed E-state index contributed by atoms with van der Waals surface area (Å²) in [5.74, 6) is 0.851. The van der Waals surface area contributed by atoms with Crippen molar-refractivity contribution in [1.82, 2.24) is 15.2 Å². The number of aromatic nitrogens is 1. The van der Waals surface area contributed by atoms with Gasteiger partial charge in [0.15, 0.2) is 0 Å². The molecule has 2 aliphatic rings. The summed E-state index contributed by atoms with van der Waals surface area (Å²) in [6.45, 7) is 1.48. The number of carbonyl (C=O) groups excluding carboxylic acids is 1. The van der Waals surface area contributed by atoms with Gasteiger partial charge < -0.3 is 19.9 Å². The number of urea groups is 1.